The molecular formula is C43H67N3O7. The van der Waals surface area contributed by atoms with Crippen LogP contribution in [0.15, 0.2) is 0 Å². The van der Waals surface area contributed by atoms with E-state index in [1.54, 1.807) is 4.90 Å². The second kappa shape index (κ2) is 14.0. The minimum atomic E-state index is -1.02. The van der Waals surface area contributed by atoms with Crippen LogP contribution in [0.2, 0.25) is 0 Å². The van der Waals surface area contributed by atoms with Gasteiger partial charge in [-0.15, -0.1) is 0 Å². The average Bonchev–Trinajstić information content (AvgIpc) is 3.18. The van der Waals surface area contributed by atoms with Crippen LogP contribution in [-0.2, 0) is 33.6 Å². The molecule has 5 fully saturated rings. The Morgan fingerprint density at radius 3 is 1.83 bits per heavy atom. The molecule has 0 bridgehead atoms. The van der Waals surface area contributed by atoms with Gasteiger partial charge in [0.1, 0.15) is 5.78 Å². The largest absolute Gasteiger partial charge is 0.363 e. The van der Waals surface area contributed by atoms with E-state index in [1.165, 1.54) is 4.90 Å². The Balaban J connectivity index is 1.38. The van der Waals surface area contributed by atoms with Crippen molar-refractivity contribution in [3.05, 3.63) is 0 Å². The number of imide groups is 1. The molecule has 296 valence electrons. The lowest BCUT2D eigenvalue weighted by atomic mass is 9.73. The third-order valence-electron chi connectivity index (χ3n) is 15.1. The quantitative estimate of drug-likeness (QED) is 0.159. The first-order valence-corrected chi connectivity index (χ1v) is 20.3. The molecule has 10 heteroatoms. The molecule has 3 aliphatic carbocycles. The molecule has 4 amide bonds. The van der Waals surface area contributed by atoms with Crippen LogP contribution in [0, 0.1) is 56.2 Å². The van der Waals surface area contributed by atoms with Crippen molar-refractivity contribution in [1.29, 1.82) is 0 Å². The summed E-state index contributed by atoms with van der Waals surface area (Å²) in [5.74, 6) is -4.19. The van der Waals surface area contributed by atoms with Gasteiger partial charge in [-0.3, -0.25) is 38.5 Å². The summed E-state index contributed by atoms with van der Waals surface area (Å²) in [6.07, 6.45) is 7.73. The zero-order valence-electron chi connectivity index (χ0n) is 34.3. The van der Waals surface area contributed by atoms with E-state index in [4.69, 9.17) is 5.73 Å². The topological polar surface area (TPSA) is 152 Å². The highest BCUT2D eigenvalue weighted by Gasteiger charge is 2.85. The second-order valence-corrected chi connectivity index (χ2v) is 21.3. The molecule has 0 aromatic carbocycles. The van der Waals surface area contributed by atoms with Crippen LogP contribution in [0.25, 0.3) is 0 Å². The lowest BCUT2D eigenvalue weighted by Crippen LogP contribution is -2.50. The van der Waals surface area contributed by atoms with Crippen LogP contribution in [0.3, 0.4) is 0 Å². The zero-order chi connectivity index (χ0) is 39.7. The summed E-state index contributed by atoms with van der Waals surface area (Å²) in [7, 11) is 0. The molecule has 2 heterocycles. The number of nitrogens with two attached hydrogens (primary N) is 1. The van der Waals surface area contributed by atoms with Gasteiger partial charge in [0.05, 0.1) is 6.04 Å². The van der Waals surface area contributed by atoms with Crippen molar-refractivity contribution in [3.8, 4) is 0 Å². The predicted molar refractivity (Wildman–Crippen MR) is 202 cm³/mol. The number of hydrogen-bond donors (Lipinski definition) is 1. The summed E-state index contributed by atoms with van der Waals surface area (Å²) in [6, 6.07) is -0.742. The minimum Gasteiger partial charge on any atom is -0.363 e. The van der Waals surface area contributed by atoms with Gasteiger partial charge < -0.3 is 10.6 Å². The molecule has 2 saturated heterocycles. The molecule has 2 spiro atoms. The maximum absolute atomic E-state index is 15.0. The lowest BCUT2D eigenvalue weighted by molar-refractivity contribution is -0.154. The smallest absolute Gasteiger partial charge is 0.285 e. The Bertz CT molecular complexity index is 1520. The Kier molecular flexibility index (Phi) is 10.9. The number of rotatable bonds is 14. The number of likely N-dealkylation sites (tertiary alicyclic amines) is 2. The summed E-state index contributed by atoms with van der Waals surface area (Å²) in [6.45, 7) is 20.8. The van der Waals surface area contributed by atoms with Crippen molar-refractivity contribution >= 4 is 41.0 Å². The third-order valence-corrected chi connectivity index (χ3v) is 15.1. The Hall–Kier alpha value is -2.91. The molecule has 3 saturated carbocycles. The van der Waals surface area contributed by atoms with Crippen molar-refractivity contribution < 1.29 is 33.6 Å². The van der Waals surface area contributed by atoms with E-state index < -0.39 is 45.8 Å². The number of carbonyl (C=O) groups is 7. The van der Waals surface area contributed by atoms with Crippen LogP contribution in [0.1, 0.15) is 153 Å². The van der Waals surface area contributed by atoms with Gasteiger partial charge in [-0.05, 0) is 64.6 Å². The van der Waals surface area contributed by atoms with E-state index in [0.29, 0.717) is 19.4 Å². The first-order valence-electron chi connectivity index (χ1n) is 20.3. The second-order valence-electron chi connectivity index (χ2n) is 21.3. The van der Waals surface area contributed by atoms with Crippen molar-refractivity contribution in [2.24, 2.45) is 61.9 Å². The summed E-state index contributed by atoms with van der Waals surface area (Å²) in [5.41, 5.74) is 3.84. The molecule has 53 heavy (non-hydrogen) atoms. The van der Waals surface area contributed by atoms with Crippen molar-refractivity contribution in [1.82, 2.24) is 9.80 Å². The summed E-state index contributed by atoms with van der Waals surface area (Å²) < 4.78 is 0. The molecule has 10 nitrogen and oxygen atoms in total. The molecule has 5 aliphatic rings. The number of Topliss-reactive ketones (excluding diaryl/α,β-unsaturated/α-hetero) is 3. The summed E-state index contributed by atoms with van der Waals surface area (Å²) in [4.78, 5) is 97.9. The highest BCUT2D eigenvalue weighted by Crippen LogP contribution is 2.88. The average molecular weight is 738 g/mol. The van der Waals surface area contributed by atoms with Gasteiger partial charge in [0, 0.05) is 62.4 Å². The van der Waals surface area contributed by atoms with Crippen LogP contribution >= 0.6 is 0 Å². The number of piperidine rings is 1. The number of primary amides is 1. The van der Waals surface area contributed by atoms with Crippen LogP contribution in [0.5, 0.6) is 0 Å². The van der Waals surface area contributed by atoms with Crippen LogP contribution < -0.4 is 5.73 Å². The molecule has 5 atom stereocenters. The minimum absolute atomic E-state index is 0.0206. The van der Waals surface area contributed by atoms with E-state index in [-0.39, 0.29) is 96.0 Å². The van der Waals surface area contributed by atoms with E-state index in [0.717, 1.165) is 38.5 Å². The van der Waals surface area contributed by atoms with Gasteiger partial charge in [0.2, 0.25) is 23.5 Å². The highest BCUT2D eigenvalue weighted by atomic mass is 16.2. The maximum atomic E-state index is 15.0. The fourth-order valence-corrected chi connectivity index (χ4v) is 10.9. The van der Waals surface area contributed by atoms with Gasteiger partial charge in [0.25, 0.3) is 5.91 Å². The van der Waals surface area contributed by atoms with Crippen molar-refractivity contribution in [2.75, 3.05) is 13.1 Å². The molecular weight excluding hydrogens is 670 g/mol. The molecule has 0 aromatic heterocycles. The zero-order valence-corrected chi connectivity index (χ0v) is 34.3. The number of hydrogen-bond acceptors (Lipinski definition) is 7. The Morgan fingerprint density at radius 1 is 0.811 bits per heavy atom. The molecule has 0 aromatic rings. The maximum Gasteiger partial charge on any atom is 0.285 e. The lowest BCUT2D eigenvalue weighted by Gasteiger charge is -2.40. The van der Waals surface area contributed by atoms with Crippen LogP contribution in [0.4, 0.5) is 0 Å². The number of ketones is 3. The molecule has 2 aliphatic heterocycles. The van der Waals surface area contributed by atoms with E-state index in [2.05, 4.69) is 13.8 Å². The standard InChI is InChI=1S/C43H67N3O7/c1-38(2,3)28(24-45-33(49)22-40(7,8)23-34(45)50)19-29(47)20-30(39(4,5)6)37(53)46-25-43(41(9,10)42(43)15-12-16-42)21-31(46)32(48)18-27(35(51)36(44)52)17-26-13-11-14-26/h26-28,30-31H,11-25H2,1-10H3,(H2,44,52)/t27?,28-,30-,31+,43?/m1/s1. The molecule has 2 unspecified atom stereocenters. The van der Waals surface area contributed by atoms with Gasteiger partial charge >= 0.3 is 0 Å². The van der Waals surface area contributed by atoms with Gasteiger partial charge in [0.15, 0.2) is 5.78 Å². The van der Waals surface area contributed by atoms with Crippen molar-refractivity contribution in [3.63, 3.8) is 0 Å². The van der Waals surface area contributed by atoms with E-state index >= 15 is 0 Å². The number of nitrogens with zero attached hydrogens (tertiary/aromatic N) is 2. The van der Waals surface area contributed by atoms with E-state index in [1.807, 2.05) is 55.4 Å². The first-order chi connectivity index (χ1) is 24.3. The van der Waals surface area contributed by atoms with Gasteiger partial charge in [-0.25, -0.2) is 0 Å². The van der Waals surface area contributed by atoms with Gasteiger partial charge in [-0.1, -0.05) is 94.9 Å². The van der Waals surface area contributed by atoms with E-state index in [9.17, 15) is 33.6 Å². The van der Waals surface area contributed by atoms with Crippen LogP contribution in [-0.4, -0.2) is 69.9 Å². The number of carbonyl (C=O) groups excluding carboxylic acids is 7. The molecule has 5 rings (SSSR count). The normalized spacial score (nSPS) is 27.9. The fraction of sp³-hybridized carbons (Fsp3) is 0.837. The number of amides is 4. The first kappa shape index (κ1) is 41.3. The Morgan fingerprint density at radius 2 is 1.40 bits per heavy atom. The third kappa shape index (κ3) is 7.55. The SMILES string of the molecule is CC1(C)CC(=O)N(C[C@@H](CC(=O)C[C@H](C(=O)N2CC3(C[C@H]2C(=O)CC(CC2CCC2)C(=O)C(N)=O)C(C)(C)C32CCC2)C(C)(C)C)C(C)(C)C)C(=O)C1. The fourth-order valence-electron chi connectivity index (χ4n) is 10.9. The summed E-state index contributed by atoms with van der Waals surface area (Å²) >= 11 is 0. The molecule has 0 radical (unpaired) electrons. The molecule has 2 N–H and O–H groups in total. The monoisotopic (exact) mass is 737 g/mol. The Labute approximate surface area is 317 Å². The predicted octanol–water partition coefficient (Wildman–Crippen LogP) is 6.45. The summed E-state index contributed by atoms with van der Waals surface area (Å²) in [5, 5.41) is 0. The number of fused-ring (bicyclic) bond motifs is 1. The van der Waals surface area contributed by atoms with Crippen molar-refractivity contribution in [2.45, 2.75) is 159 Å². The highest BCUT2D eigenvalue weighted by molar-refractivity contribution is 6.36. The van der Waals surface area contributed by atoms with Gasteiger partial charge in [-0.2, -0.15) is 0 Å².